The van der Waals surface area contributed by atoms with Crippen molar-refractivity contribution in [2.45, 2.75) is 0 Å². The minimum absolute atomic E-state index is 0.106. The Balaban J connectivity index is 2.30. The van der Waals surface area contributed by atoms with Crippen molar-refractivity contribution < 1.29 is 4.79 Å². The maximum Gasteiger partial charge on any atom is 0.275 e. The number of nitrogens with zero attached hydrogens (tertiary/aromatic N) is 1. The molecule has 2 aromatic rings. The number of pyridine rings is 1. The molecule has 0 saturated carbocycles. The highest BCUT2D eigenvalue weighted by molar-refractivity contribution is 6.44. The molecule has 1 aromatic heterocycles. The second kappa shape index (κ2) is 6.31. The van der Waals surface area contributed by atoms with Crippen LogP contribution in [0.2, 0.25) is 15.1 Å². The van der Waals surface area contributed by atoms with Crippen molar-refractivity contribution in [1.82, 2.24) is 4.98 Å². The summed E-state index contributed by atoms with van der Waals surface area (Å²) in [5.41, 5.74) is 0.506. The average molecular weight is 331 g/mol. The summed E-state index contributed by atoms with van der Waals surface area (Å²) >= 11 is 17.9. The van der Waals surface area contributed by atoms with Gasteiger partial charge in [-0.15, -0.1) is 0 Å². The maximum atomic E-state index is 12.2. The van der Waals surface area contributed by atoms with Gasteiger partial charge in [0.05, 0.1) is 20.8 Å². The molecule has 1 aromatic carbocycles. The third-order valence-electron chi connectivity index (χ3n) is 2.52. The van der Waals surface area contributed by atoms with E-state index in [1.54, 1.807) is 37.4 Å². The molecule has 0 bridgehead atoms. The van der Waals surface area contributed by atoms with Crippen LogP contribution in [0, 0.1) is 0 Å². The van der Waals surface area contributed by atoms with E-state index in [0.29, 0.717) is 16.5 Å². The predicted octanol–water partition coefficient (Wildman–Crippen LogP) is 4.34. The maximum absolute atomic E-state index is 12.2. The van der Waals surface area contributed by atoms with Gasteiger partial charge in [-0.3, -0.25) is 4.79 Å². The Morgan fingerprint density at radius 1 is 1.10 bits per heavy atom. The number of nitrogens with one attached hydrogen (secondary N) is 2. The average Bonchev–Trinajstić information content (AvgIpc) is 2.44. The highest BCUT2D eigenvalue weighted by Crippen LogP contribution is 2.30. The second-order valence-corrected chi connectivity index (χ2v) is 5.02. The third kappa shape index (κ3) is 3.15. The summed E-state index contributed by atoms with van der Waals surface area (Å²) in [6.07, 6.45) is 0. The number of halogens is 3. The van der Waals surface area contributed by atoms with Gasteiger partial charge in [0.15, 0.2) is 0 Å². The van der Waals surface area contributed by atoms with Gasteiger partial charge in [-0.2, -0.15) is 0 Å². The molecule has 0 spiro atoms. The number of anilines is 2. The number of amides is 1. The quantitative estimate of drug-likeness (QED) is 0.880. The van der Waals surface area contributed by atoms with Crippen LogP contribution >= 0.6 is 34.8 Å². The zero-order valence-electron chi connectivity index (χ0n) is 10.4. The van der Waals surface area contributed by atoms with Crippen LogP contribution in [0.5, 0.6) is 0 Å². The molecule has 0 aliphatic heterocycles. The first-order valence-electron chi connectivity index (χ1n) is 5.62. The van der Waals surface area contributed by atoms with E-state index in [2.05, 4.69) is 15.6 Å². The van der Waals surface area contributed by atoms with E-state index in [1.165, 1.54) is 0 Å². The van der Waals surface area contributed by atoms with Gasteiger partial charge in [0, 0.05) is 7.05 Å². The number of carbonyl (C=O) groups excluding carboxylic acids is 1. The first-order chi connectivity index (χ1) is 9.52. The summed E-state index contributed by atoms with van der Waals surface area (Å²) in [6, 6.07) is 8.22. The molecule has 4 nitrogen and oxygen atoms in total. The van der Waals surface area contributed by atoms with E-state index in [0.717, 1.165) is 0 Å². The first-order valence-corrected chi connectivity index (χ1v) is 6.76. The van der Waals surface area contributed by atoms with Crippen LogP contribution in [-0.4, -0.2) is 17.9 Å². The van der Waals surface area contributed by atoms with Crippen molar-refractivity contribution in [3.05, 3.63) is 51.1 Å². The Labute approximate surface area is 131 Å². The fourth-order valence-corrected chi connectivity index (χ4v) is 2.06. The van der Waals surface area contributed by atoms with E-state index in [9.17, 15) is 4.79 Å². The first kappa shape index (κ1) is 14.9. The van der Waals surface area contributed by atoms with Crippen LogP contribution in [-0.2, 0) is 0 Å². The standard InChI is InChI=1S/C13H10Cl3N3O/c1-17-10-6-5-8(15)12(19-10)13(20)18-9-4-2-3-7(14)11(9)16/h2-6H,1H3,(H,17,19)(H,18,20). The fraction of sp³-hybridized carbons (Fsp3) is 0.0769. The summed E-state index contributed by atoms with van der Waals surface area (Å²) < 4.78 is 0. The van der Waals surface area contributed by atoms with Gasteiger partial charge in [0.2, 0.25) is 0 Å². The van der Waals surface area contributed by atoms with E-state index in [-0.39, 0.29) is 15.7 Å². The summed E-state index contributed by atoms with van der Waals surface area (Å²) in [4.78, 5) is 16.3. The largest absolute Gasteiger partial charge is 0.373 e. The zero-order chi connectivity index (χ0) is 14.7. The van der Waals surface area contributed by atoms with Gasteiger partial charge in [0.25, 0.3) is 5.91 Å². The SMILES string of the molecule is CNc1ccc(Cl)c(C(=O)Nc2cccc(Cl)c2Cl)n1. The van der Waals surface area contributed by atoms with E-state index in [1.807, 2.05) is 0 Å². The summed E-state index contributed by atoms with van der Waals surface area (Å²) in [7, 11) is 1.70. The lowest BCUT2D eigenvalue weighted by atomic mass is 10.3. The molecule has 1 amide bonds. The minimum Gasteiger partial charge on any atom is -0.373 e. The third-order valence-corrected chi connectivity index (χ3v) is 3.64. The highest BCUT2D eigenvalue weighted by atomic mass is 35.5. The Morgan fingerprint density at radius 3 is 2.55 bits per heavy atom. The molecule has 0 fully saturated rings. The van der Waals surface area contributed by atoms with Crippen LogP contribution < -0.4 is 10.6 Å². The number of hydrogen-bond donors (Lipinski definition) is 2. The smallest absolute Gasteiger partial charge is 0.275 e. The summed E-state index contributed by atoms with van der Waals surface area (Å²) in [6.45, 7) is 0. The molecule has 0 aliphatic carbocycles. The molecule has 2 rings (SSSR count). The fourth-order valence-electron chi connectivity index (χ4n) is 1.52. The summed E-state index contributed by atoms with van der Waals surface area (Å²) in [5, 5.41) is 6.34. The summed E-state index contributed by atoms with van der Waals surface area (Å²) in [5.74, 6) is 0.0769. The number of carbonyl (C=O) groups is 1. The van der Waals surface area contributed by atoms with Gasteiger partial charge in [-0.1, -0.05) is 40.9 Å². The highest BCUT2D eigenvalue weighted by Gasteiger charge is 2.15. The van der Waals surface area contributed by atoms with Gasteiger partial charge in [-0.05, 0) is 24.3 Å². The predicted molar refractivity (Wildman–Crippen MR) is 83.2 cm³/mol. The van der Waals surface area contributed by atoms with Crippen molar-refractivity contribution in [1.29, 1.82) is 0 Å². The Bertz CT molecular complexity index is 661. The van der Waals surface area contributed by atoms with E-state index in [4.69, 9.17) is 34.8 Å². The Kier molecular flexibility index (Phi) is 4.70. The molecule has 0 radical (unpaired) electrons. The lowest BCUT2D eigenvalue weighted by Crippen LogP contribution is -2.15. The molecule has 0 atom stereocenters. The molecular formula is C13H10Cl3N3O. The van der Waals surface area contributed by atoms with Gasteiger partial charge < -0.3 is 10.6 Å². The van der Waals surface area contributed by atoms with Gasteiger partial charge in [-0.25, -0.2) is 4.98 Å². The molecule has 20 heavy (non-hydrogen) atoms. The van der Waals surface area contributed by atoms with Crippen molar-refractivity contribution >= 4 is 52.2 Å². The second-order valence-electron chi connectivity index (χ2n) is 3.83. The number of benzene rings is 1. The topological polar surface area (TPSA) is 54.0 Å². The molecule has 0 aliphatic rings. The Hall–Kier alpha value is -1.49. The zero-order valence-corrected chi connectivity index (χ0v) is 12.6. The van der Waals surface area contributed by atoms with Crippen molar-refractivity contribution in [2.75, 3.05) is 17.7 Å². The van der Waals surface area contributed by atoms with Crippen molar-refractivity contribution in [3.63, 3.8) is 0 Å². The molecule has 0 unspecified atom stereocenters. The van der Waals surface area contributed by atoms with Crippen molar-refractivity contribution in [3.8, 4) is 0 Å². The monoisotopic (exact) mass is 329 g/mol. The van der Waals surface area contributed by atoms with Gasteiger partial charge in [0.1, 0.15) is 11.5 Å². The van der Waals surface area contributed by atoms with Crippen LogP contribution in [0.15, 0.2) is 30.3 Å². The van der Waals surface area contributed by atoms with Crippen LogP contribution in [0.4, 0.5) is 11.5 Å². The number of rotatable bonds is 3. The molecule has 104 valence electrons. The number of hydrogen-bond acceptors (Lipinski definition) is 3. The normalized spacial score (nSPS) is 10.2. The van der Waals surface area contributed by atoms with Gasteiger partial charge >= 0.3 is 0 Å². The Morgan fingerprint density at radius 2 is 1.85 bits per heavy atom. The lowest BCUT2D eigenvalue weighted by Gasteiger charge is -2.09. The van der Waals surface area contributed by atoms with Crippen LogP contribution in [0.3, 0.4) is 0 Å². The van der Waals surface area contributed by atoms with Crippen LogP contribution in [0.25, 0.3) is 0 Å². The lowest BCUT2D eigenvalue weighted by molar-refractivity contribution is 0.102. The molecular weight excluding hydrogens is 321 g/mol. The van der Waals surface area contributed by atoms with E-state index < -0.39 is 5.91 Å². The minimum atomic E-state index is -0.462. The van der Waals surface area contributed by atoms with Crippen LogP contribution in [0.1, 0.15) is 10.5 Å². The molecule has 2 N–H and O–H groups in total. The van der Waals surface area contributed by atoms with Crippen molar-refractivity contribution in [2.24, 2.45) is 0 Å². The molecule has 7 heteroatoms. The van der Waals surface area contributed by atoms with E-state index >= 15 is 0 Å². The molecule has 0 saturated heterocycles. The molecule has 1 heterocycles. The number of aromatic nitrogens is 1.